The number of carbonyl (C=O) groups is 18. The SMILES string of the molecule is CCCC[C@H]1C(=O)N(C)[C@@H](CCCC)C(=O)N[C@@H](CCCNC(=N)N)C(=O)N[C@H](C(=O)NCC(N)=O)CSCC(=O)N[C@@H](Cc2ccc(C(N)=O)cc2)C(=O)N(C)[C@@H](C)C(=O)NC(CC(N)=O)C(=O)N2CCC[C@H]2C(=O)N[C@@H](C)C(=O)N[C@H]2CC(C)C3[C@H](O)CC(C(=O)N[C@@H](Cc4c[nH]c5ccccc45)C(=O)N[C@@H](CO)C(=O)N[C@@H](Cc4c[nH]c5ccccc45)C(=O)N1C)N3C2=O. The highest BCUT2D eigenvalue weighted by Crippen LogP contribution is 2.37. The molecule has 4 fully saturated rings. The van der Waals surface area contributed by atoms with Crippen molar-refractivity contribution in [1.82, 2.24) is 93.0 Å². The molecule has 4 saturated heterocycles. The van der Waals surface area contributed by atoms with Gasteiger partial charge in [0.2, 0.25) is 106 Å². The van der Waals surface area contributed by atoms with Crippen LogP contribution < -0.4 is 81.4 Å². The second-order valence-electron chi connectivity index (χ2n) is 34.0. The minimum absolute atomic E-state index is 0.0116. The molecule has 3 aromatic carbocycles. The molecule has 2 bridgehead atoms. The molecule has 132 heavy (non-hydrogen) atoms. The van der Waals surface area contributed by atoms with Crippen LogP contribution in [-0.2, 0) is 101 Å². The van der Waals surface area contributed by atoms with Gasteiger partial charge in [-0.05, 0) is 106 Å². The zero-order valence-corrected chi connectivity index (χ0v) is 76.0. The first-order valence-electron chi connectivity index (χ1n) is 44.2. The molecule has 24 N–H and O–H groups in total. The van der Waals surface area contributed by atoms with Crippen LogP contribution in [0.1, 0.15) is 145 Å². The van der Waals surface area contributed by atoms with Crippen LogP contribution >= 0.6 is 11.8 Å². The number of primary amides is 3. The summed E-state index contributed by atoms with van der Waals surface area (Å²) >= 11 is 0.749. The highest BCUT2D eigenvalue weighted by Gasteiger charge is 2.55. The van der Waals surface area contributed by atoms with E-state index in [-0.39, 0.29) is 89.3 Å². The van der Waals surface area contributed by atoms with E-state index in [2.05, 4.69) is 68.5 Å². The largest absolute Gasteiger partial charge is 0.394 e. The number of nitrogens with two attached hydrogens (primary N) is 4. The summed E-state index contributed by atoms with van der Waals surface area (Å²) in [4.78, 5) is 272. The number of carbonyl (C=O) groups excluding carboxylic acids is 18. The van der Waals surface area contributed by atoms with Gasteiger partial charge in [0.05, 0.1) is 37.5 Å². The second-order valence-corrected chi connectivity index (χ2v) is 35.0. The molecular weight excluding hydrogens is 1730 g/mol. The highest BCUT2D eigenvalue weighted by molar-refractivity contribution is 8.00. The highest BCUT2D eigenvalue weighted by atomic mass is 32.2. The molecule has 4 aliphatic heterocycles. The normalized spacial score (nSPS) is 26.4. The monoisotopic (exact) mass is 1850 g/mol. The summed E-state index contributed by atoms with van der Waals surface area (Å²) in [5.41, 5.74) is 25.0. The van der Waals surface area contributed by atoms with Gasteiger partial charge in [0.1, 0.15) is 84.6 Å². The van der Waals surface area contributed by atoms with Crippen molar-refractivity contribution in [1.29, 1.82) is 5.41 Å². The molecule has 6 heterocycles. The molecule has 0 saturated carbocycles. The van der Waals surface area contributed by atoms with E-state index >= 15 is 28.8 Å². The van der Waals surface area contributed by atoms with Crippen LogP contribution in [-0.4, -0.2) is 313 Å². The summed E-state index contributed by atoms with van der Waals surface area (Å²) < 4.78 is 0. The third kappa shape index (κ3) is 26.5. The fourth-order valence-corrected chi connectivity index (χ4v) is 17.9. The topological polar surface area (TPSA) is 656 Å². The van der Waals surface area contributed by atoms with Crippen LogP contribution in [0.5, 0.6) is 0 Å². The summed E-state index contributed by atoms with van der Waals surface area (Å²) in [7, 11) is 3.88. The predicted octanol–water partition coefficient (Wildman–Crippen LogP) is -4.12. The number of aromatic amines is 2. The average Bonchev–Trinajstić information content (AvgIpc) is 1.60. The van der Waals surface area contributed by atoms with Crippen molar-refractivity contribution < 1.29 is 96.5 Å². The van der Waals surface area contributed by atoms with Crippen LogP contribution in [0, 0.1) is 11.3 Å². The lowest BCUT2D eigenvalue weighted by molar-refractivity contribution is -0.150. The van der Waals surface area contributed by atoms with E-state index in [4.69, 9.17) is 28.3 Å². The molecule has 4 unspecified atom stereocenters. The summed E-state index contributed by atoms with van der Waals surface area (Å²) in [6.07, 6.45) is 1.40. The van der Waals surface area contributed by atoms with Gasteiger partial charge in [-0.1, -0.05) is 95.0 Å². The number of likely N-dealkylation sites (N-methyl/N-ethyl adjacent to an activating group) is 3. The number of hydrogen-bond acceptors (Lipinski definition) is 22. The maximum Gasteiger partial charge on any atom is 0.248 e. The average molecular weight is 1860 g/mol. The van der Waals surface area contributed by atoms with Crippen molar-refractivity contribution in [2.24, 2.45) is 28.9 Å². The maximum atomic E-state index is 15.7. The first-order chi connectivity index (χ1) is 62.7. The molecule has 0 aliphatic carbocycles. The lowest BCUT2D eigenvalue weighted by Crippen LogP contribution is -2.64. The fraction of sp³-hybridized carbons (Fsp3) is 0.534. The molecule has 9 rings (SSSR count). The van der Waals surface area contributed by atoms with Crippen LogP contribution in [0.4, 0.5) is 0 Å². The number of fused-ring (bicyclic) bond motifs is 4. The molecule has 5 aromatic rings. The Morgan fingerprint density at radius 1 is 0.530 bits per heavy atom. The molecule has 2 aromatic heterocycles. The lowest BCUT2D eigenvalue weighted by Gasteiger charge is -2.42. The third-order valence-corrected chi connectivity index (χ3v) is 25.5. The number of rotatable bonds is 23. The summed E-state index contributed by atoms with van der Waals surface area (Å²) in [5, 5.41) is 60.8. The van der Waals surface area contributed by atoms with Gasteiger partial charge in [-0.2, -0.15) is 0 Å². The lowest BCUT2D eigenvalue weighted by atomic mass is 9.86. The standard InChI is InChI=1S/C88H123N23O20S/c1-9-11-24-64-80(124)100-56(23-17-31-94-88(92)93)77(121)106-63(76(120)97-41-70(90)115)43-132-44-71(116)99-59(34-48-27-29-49(30-28-48)73(91)117)83(127)107(6)47(5)75(119)103-61(37-69(89)114)85(129)110-32-18-26-65(110)81(125)98-46(4)74(118)102-58-33-45(3)72-68(113)38-67(111(72)86(58)130)82(126)101-57(35-50-39-95-54-21-15-13-19-52(50)54)78(122)105-62(42-112)79(123)104-60(36-51-40-96-55-22-16-14-20-53(51)55)84(128)109(8)66(25-12-10-2)87(131)108(64)7/h13-16,19-22,27-30,39-40,45-47,56-68,72,95-96,112-113H,9-12,17-18,23-26,31-38,41-44H2,1-8H3,(H2,89,114)(H2,90,115)(H2,91,117)(H,97,120)(H,98,125)(H,99,116)(H,100,124)(H,101,126)(H,102,118)(H,103,119)(H,104,123)(H,105,122)(H,106,121)(H4,92,93,94)/t45?,46-,47-,56-,57-,58-,59-,60-,61?,62-,63-,64-,65-,66-,67?,68+,72?/m0/s1. The van der Waals surface area contributed by atoms with Crippen LogP contribution in [0.3, 0.4) is 0 Å². The van der Waals surface area contributed by atoms with Crippen molar-refractivity contribution in [2.45, 2.75) is 234 Å². The number of aliphatic hydroxyl groups excluding tert-OH is 2. The number of aliphatic hydroxyl groups is 2. The number of guanidine groups is 1. The Morgan fingerprint density at radius 3 is 1.69 bits per heavy atom. The first kappa shape index (κ1) is 102. The van der Waals surface area contributed by atoms with Crippen molar-refractivity contribution in [3.8, 4) is 0 Å². The van der Waals surface area contributed by atoms with E-state index in [1.807, 2.05) is 13.8 Å². The van der Waals surface area contributed by atoms with Gasteiger partial charge in [-0.15, -0.1) is 11.8 Å². The van der Waals surface area contributed by atoms with Gasteiger partial charge in [0.15, 0.2) is 5.96 Å². The van der Waals surface area contributed by atoms with Crippen LogP contribution in [0.2, 0.25) is 0 Å². The molecule has 44 heteroatoms. The van der Waals surface area contributed by atoms with Gasteiger partial charge in [0.25, 0.3) is 0 Å². The Balaban J connectivity index is 1.08. The number of piperidine rings is 1. The Kier molecular flexibility index (Phi) is 36.9. The number of para-hydroxylation sites is 2. The van der Waals surface area contributed by atoms with Crippen molar-refractivity contribution in [3.63, 3.8) is 0 Å². The first-order valence-corrected chi connectivity index (χ1v) is 45.3. The van der Waals surface area contributed by atoms with E-state index in [0.717, 1.165) is 36.3 Å². The molecule has 0 radical (unpaired) electrons. The number of nitrogens with zero attached hydrogens (tertiary/aromatic N) is 5. The number of unbranched alkanes of at least 4 members (excludes halogenated alkanes) is 2. The van der Waals surface area contributed by atoms with Gasteiger partial charge in [-0.3, -0.25) is 91.7 Å². The van der Waals surface area contributed by atoms with E-state index in [1.165, 1.54) is 59.3 Å². The summed E-state index contributed by atoms with van der Waals surface area (Å²) in [6.45, 7) is 5.97. The molecule has 18 amide bonds. The van der Waals surface area contributed by atoms with E-state index in [0.29, 0.717) is 64.2 Å². The Labute approximate surface area is 766 Å². The number of hydrogen-bond donors (Lipinski definition) is 20. The number of amides is 18. The Morgan fingerprint density at radius 2 is 1.08 bits per heavy atom. The predicted molar refractivity (Wildman–Crippen MR) is 483 cm³/mol. The second kappa shape index (κ2) is 47.5. The fourth-order valence-electron chi connectivity index (χ4n) is 17.0. The van der Waals surface area contributed by atoms with Crippen LogP contribution in [0.25, 0.3) is 21.8 Å². The smallest absolute Gasteiger partial charge is 0.248 e. The summed E-state index contributed by atoms with van der Waals surface area (Å²) in [5.74, 6) is -18.8. The Hall–Kier alpha value is -13.3. The van der Waals surface area contributed by atoms with E-state index in [1.54, 1.807) is 67.8 Å². The molecule has 43 nitrogen and oxygen atoms in total. The Bertz CT molecular complexity index is 5090. The van der Waals surface area contributed by atoms with Gasteiger partial charge in [0, 0.05) is 105 Å². The molecule has 17 atom stereocenters. The number of nitrogens with one attached hydrogen (secondary N) is 14. The third-order valence-electron chi connectivity index (χ3n) is 24.5. The molecule has 0 spiro atoms. The number of benzene rings is 3. The van der Waals surface area contributed by atoms with Gasteiger partial charge < -0.3 is 126 Å². The number of thioether (sulfide) groups is 1. The number of H-pyrrole nitrogens is 2. The quantitative estimate of drug-likeness (QED) is 0.0168. The molecular formula is C88H123N23O20S. The van der Waals surface area contributed by atoms with Crippen LogP contribution in [0.15, 0.2) is 85.2 Å². The van der Waals surface area contributed by atoms with Crippen molar-refractivity contribution in [3.05, 3.63) is 107 Å². The molecule has 716 valence electrons. The zero-order valence-electron chi connectivity index (χ0n) is 75.2. The van der Waals surface area contributed by atoms with E-state index in [9.17, 15) is 67.7 Å². The maximum absolute atomic E-state index is 15.7. The minimum atomic E-state index is -1.88. The minimum Gasteiger partial charge on any atom is -0.394 e. The molecule has 4 aliphatic rings. The van der Waals surface area contributed by atoms with Gasteiger partial charge >= 0.3 is 0 Å². The summed E-state index contributed by atoms with van der Waals surface area (Å²) in [6, 6.07) is -2.84. The van der Waals surface area contributed by atoms with Crippen molar-refractivity contribution in [2.75, 3.05) is 58.9 Å². The van der Waals surface area contributed by atoms with Gasteiger partial charge in [-0.25, -0.2) is 0 Å². The number of aromatic nitrogens is 2. The van der Waals surface area contributed by atoms with E-state index < -0.39 is 246 Å². The van der Waals surface area contributed by atoms with Crippen molar-refractivity contribution >= 4 is 146 Å². The zero-order chi connectivity index (χ0) is 96.6.